The number of fused-ring (bicyclic) bond motifs is 3. The van der Waals surface area contributed by atoms with Gasteiger partial charge in [-0.25, -0.2) is 9.97 Å². The van der Waals surface area contributed by atoms with E-state index in [-0.39, 0.29) is 5.75 Å². The minimum atomic E-state index is -0.497. The van der Waals surface area contributed by atoms with Gasteiger partial charge in [0, 0.05) is 24.9 Å². The number of imidazole rings is 1. The van der Waals surface area contributed by atoms with E-state index in [1.807, 2.05) is 22.9 Å². The van der Waals surface area contributed by atoms with E-state index in [9.17, 15) is 9.59 Å². The molecule has 0 aliphatic heterocycles. The summed E-state index contributed by atoms with van der Waals surface area (Å²) in [6, 6.07) is 8.01. The van der Waals surface area contributed by atoms with Gasteiger partial charge in [0.15, 0.2) is 11.6 Å². The third-order valence-electron chi connectivity index (χ3n) is 11.0. The van der Waals surface area contributed by atoms with Crippen LogP contribution >= 0.6 is 0 Å². The molecule has 0 spiro atoms. The number of aryl methyl sites for hydroxylation is 1. The molecule has 2 aromatic carbocycles. The predicted molar refractivity (Wildman–Crippen MR) is 239 cm³/mol. The van der Waals surface area contributed by atoms with Crippen LogP contribution < -0.4 is 36.8 Å². The van der Waals surface area contributed by atoms with Gasteiger partial charge in [0.1, 0.15) is 29.2 Å². The van der Waals surface area contributed by atoms with Crippen molar-refractivity contribution in [3.05, 3.63) is 50.5 Å². The molecule has 0 unspecified atom stereocenters. The maximum Gasteiger partial charge on any atom is 0.272 e. The van der Waals surface area contributed by atoms with Crippen LogP contribution in [0.2, 0.25) is 0 Å². The summed E-state index contributed by atoms with van der Waals surface area (Å²) in [5.74, 6) is 1.57. The number of hydrogen-bond donors (Lipinski definition) is 3. The summed E-state index contributed by atoms with van der Waals surface area (Å²) < 4.78 is 7.67. The Balaban J connectivity index is 0.982. The van der Waals surface area contributed by atoms with Gasteiger partial charge in [-0.05, 0) is 71.3 Å². The molecular weight excluding hydrogens is 715 g/mol. The first-order valence-electron chi connectivity index (χ1n) is 22.7. The highest BCUT2D eigenvalue weighted by Gasteiger charge is 2.22. The van der Waals surface area contributed by atoms with Gasteiger partial charge in [-0.15, -0.1) is 0 Å². The van der Waals surface area contributed by atoms with Crippen LogP contribution in [0.15, 0.2) is 33.9 Å². The Labute approximate surface area is 342 Å². The lowest BCUT2D eigenvalue weighted by molar-refractivity contribution is 0.109. The number of para-hydroxylation sites is 1. The van der Waals surface area contributed by atoms with Crippen molar-refractivity contribution < 1.29 is 9.57 Å². The third kappa shape index (κ3) is 15.5. The normalized spacial score (nSPS) is 11.8. The Hall–Kier alpha value is -3.70. The van der Waals surface area contributed by atoms with E-state index in [2.05, 4.69) is 47.5 Å². The van der Waals surface area contributed by atoms with Crippen molar-refractivity contribution in [2.45, 2.75) is 155 Å². The fraction of sp³-hybridized carbons (Fsp3) is 0.696. The summed E-state index contributed by atoms with van der Waals surface area (Å²) in [7, 11) is 2.11. The molecule has 0 aliphatic carbocycles. The molecule has 2 heterocycles. The monoisotopic (exact) mass is 790 g/mol. The van der Waals surface area contributed by atoms with Crippen LogP contribution in [0.4, 0.5) is 11.5 Å². The van der Waals surface area contributed by atoms with E-state index in [0.29, 0.717) is 36.8 Å². The fourth-order valence-corrected chi connectivity index (χ4v) is 7.56. The molecule has 11 nitrogen and oxygen atoms in total. The SMILES string of the molecule is CCCCCCCCCCCCCCCCCNc1c(OCCCN(C)CCCNCCCCOn2c(CCCC)nc3c(N)nc4ccccc4c32)c(=O)c1=O. The molecule has 0 atom stereocenters. The van der Waals surface area contributed by atoms with E-state index in [1.54, 1.807) is 0 Å². The number of rotatable bonds is 35. The summed E-state index contributed by atoms with van der Waals surface area (Å²) in [5.41, 5.74) is 8.21. The molecule has 11 heteroatoms. The first-order chi connectivity index (χ1) is 28.0. The van der Waals surface area contributed by atoms with Gasteiger partial charge in [-0.1, -0.05) is 128 Å². The first kappa shape index (κ1) is 46.0. The first-order valence-corrected chi connectivity index (χ1v) is 22.7. The van der Waals surface area contributed by atoms with Crippen LogP contribution in [0.5, 0.6) is 5.75 Å². The quantitative estimate of drug-likeness (QED) is 0.0306. The van der Waals surface area contributed by atoms with E-state index in [0.717, 1.165) is 106 Å². The lowest BCUT2D eigenvalue weighted by atomic mass is 10.0. The molecule has 0 saturated heterocycles. The second-order valence-electron chi connectivity index (χ2n) is 16.0. The molecule has 318 valence electrons. The van der Waals surface area contributed by atoms with Crippen molar-refractivity contribution in [2.24, 2.45) is 0 Å². The number of benzene rings is 1. The van der Waals surface area contributed by atoms with Crippen LogP contribution in [0.1, 0.15) is 155 Å². The molecule has 4 rings (SSSR count). The number of aromatic nitrogens is 3. The van der Waals surface area contributed by atoms with Crippen LogP contribution in [-0.2, 0) is 6.42 Å². The maximum absolute atomic E-state index is 12.2. The smallest absolute Gasteiger partial charge is 0.272 e. The summed E-state index contributed by atoms with van der Waals surface area (Å²) in [5, 5.41) is 7.74. The lowest BCUT2D eigenvalue weighted by Gasteiger charge is -2.18. The van der Waals surface area contributed by atoms with E-state index in [1.165, 1.54) is 83.5 Å². The van der Waals surface area contributed by atoms with Gasteiger partial charge in [-0.3, -0.25) is 9.59 Å². The van der Waals surface area contributed by atoms with Crippen LogP contribution in [-0.4, -0.2) is 72.6 Å². The standard InChI is InChI=1S/C46H75N7O4/c1-4-6-8-9-10-11-12-13-14-15-16-17-18-19-22-32-49-41-43(54)44(55)45(41)56-35-26-34-52(3)33-25-31-48-30-23-24-36-57-53-39(29-7-5-2)51-40-42(53)37-27-20-21-28-38(37)50-46(40)47/h20-21,27-28,48-49H,4-19,22-26,29-36H2,1-3H3,(H2,47,50). The Morgan fingerprint density at radius 2 is 1.30 bits per heavy atom. The highest BCUT2D eigenvalue weighted by molar-refractivity contribution is 6.06. The van der Waals surface area contributed by atoms with Crippen molar-refractivity contribution >= 4 is 33.4 Å². The predicted octanol–water partition coefficient (Wildman–Crippen LogP) is 8.98. The number of unbranched alkanes of at least 4 members (excludes halogenated alkanes) is 16. The Morgan fingerprint density at radius 1 is 0.684 bits per heavy atom. The molecular formula is C46H75N7O4. The van der Waals surface area contributed by atoms with Gasteiger partial charge in [0.25, 0.3) is 10.9 Å². The number of anilines is 2. The van der Waals surface area contributed by atoms with Gasteiger partial charge in [0.05, 0.1) is 12.1 Å². The van der Waals surface area contributed by atoms with Gasteiger partial charge in [0.2, 0.25) is 0 Å². The Bertz CT molecular complexity index is 1770. The number of nitrogens with one attached hydrogen (secondary N) is 2. The second-order valence-corrected chi connectivity index (χ2v) is 16.0. The van der Waals surface area contributed by atoms with Crippen LogP contribution in [0.25, 0.3) is 21.9 Å². The van der Waals surface area contributed by atoms with E-state index in [4.69, 9.17) is 20.3 Å². The average Bonchev–Trinajstić information content (AvgIpc) is 3.59. The summed E-state index contributed by atoms with van der Waals surface area (Å²) in [6.45, 7) is 9.92. The maximum atomic E-state index is 12.2. The summed E-state index contributed by atoms with van der Waals surface area (Å²) >= 11 is 0. The average molecular weight is 790 g/mol. The van der Waals surface area contributed by atoms with Gasteiger partial charge in [-0.2, -0.15) is 4.73 Å². The topological polar surface area (TPSA) is 137 Å². The molecule has 0 fully saturated rings. The molecule has 57 heavy (non-hydrogen) atoms. The van der Waals surface area contributed by atoms with Gasteiger partial charge >= 0.3 is 0 Å². The number of nitrogens with two attached hydrogens (primary N) is 1. The van der Waals surface area contributed by atoms with E-state index >= 15 is 0 Å². The van der Waals surface area contributed by atoms with Crippen molar-refractivity contribution in [2.75, 3.05) is 64.0 Å². The second kappa shape index (κ2) is 27.1. The zero-order valence-electron chi connectivity index (χ0n) is 35.8. The number of hydrogen-bond acceptors (Lipinski definition) is 10. The lowest BCUT2D eigenvalue weighted by Crippen LogP contribution is -2.36. The molecule has 0 bridgehead atoms. The molecule has 0 amide bonds. The molecule has 4 N–H and O–H groups in total. The number of nitrogen functional groups attached to an aromatic ring is 1. The Morgan fingerprint density at radius 3 is 2.00 bits per heavy atom. The minimum Gasteiger partial charge on any atom is -0.487 e. The minimum absolute atomic E-state index is 0.226. The Kier molecular flexibility index (Phi) is 21.8. The van der Waals surface area contributed by atoms with E-state index < -0.39 is 10.9 Å². The number of ether oxygens (including phenoxy) is 1. The molecule has 0 radical (unpaired) electrons. The van der Waals surface area contributed by atoms with Crippen molar-refractivity contribution in [3.8, 4) is 5.75 Å². The molecule has 2 aromatic heterocycles. The van der Waals surface area contributed by atoms with Crippen molar-refractivity contribution in [1.82, 2.24) is 24.9 Å². The summed E-state index contributed by atoms with van der Waals surface area (Å²) in [6.07, 6.45) is 26.6. The highest BCUT2D eigenvalue weighted by Crippen LogP contribution is 2.29. The van der Waals surface area contributed by atoms with Crippen LogP contribution in [0.3, 0.4) is 0 Å². The zero-order chi connectivity index (χ0) is 40.5. The summed E-state index contributed by atoms with van der Waals surface area (Å²) in [4.78, 5) is 42.3. The fourth-order valence-electron chi connectivity index (χ4n) is 7.56. The molecule has 0 aliphatic rings. The molecule has 0 saturated carbocycles. The largest absolute Gasteiger partial charge is 0.487 e. The van der Waals surface area contributed by atoms with Crippen molar-refractivity contribution in [3.63, 3.8) is 0 Å². The highest BCUT2D eigenvalue weighted by atomic mass is 16.7. The third-order valence-corrected chi connectivity index (χ3v) is 11.0. The van der Waals surface area contributed by atoms with Crippen LogP contribution in [0, 0.1) is 0 Å². The van der Waals surface area contributed by atoms with Crippen molar-refractivity contribution in [1.29, 1.82) is 0 Å². The number of nitrogens with zero attached hydrogens (tertiary/aromatic N) is 4. The molecule has 4 aromatic rings. The van der Waals surface area contributed by atoms with Gasteiger partial charge < -0.3 is 30.8 Å². The number of pyridine rings is 1. The zero-order valence-corrected chi connectivity index (χ0v) is 35.8.